The quantitative estimate of drug-likeness (QED) is 0.893. The Morgan fingerprint density at radius 2 is 1.95 bits per heavy atom. The van der Waals surface area contributed by atoms with Crippen molar-refractivity contribution < 1.29 is 0 Å². The summed E-state index contributed by atoms with van der Waals surface area (Å²) < 4.78 is 1.22. The van der Waals surface area contributed by atoms with Gasteiger partial charge in [0.25, 0.3) is 0 Å². The van der Waals surface area contributed by atoms with Gasteiger partial charge in [-0.1, -0.05) is 42.8 Å². The Morgan fingerprint density at radius 1 is 1.26 bits per heavy atom. The monoisotopic (exact) mass is 324 g/mol. The minimum Gasteiger partial charge on any atom is -0.371 e. The van der Waals surface area contributed by atoms with Gasteiger partial charge in [0.15, 0.2) is 0 Å². The molecule has 3 heteroatoms. The van der Waals surface area contributed by atoms with Crippen molar-refractivity contribution in [2.75, 3.05) is 24.5 Å². The molecule has 2 rings (SSSR count). The molecule has 1 heterocycles. The molecule has 1 aromatic rings. The first-order chi connectivity index (χ1) is 9.02. The maximum Gasteiger partial charge on any atom is 0.0377 e. The van der Waals surface area contributed by atoms with Crippen LogP contribution >= 0.6 is 15.9 Å². The molecule has 0 aliphatic carbocycles. The van der Waals surface area contributed by atoms with Gasteiger partial charge in [0.2, 0.25) is 0 Å². The van der Waals surface area contributed by atoms with Gasteiger partial charge in [0.1, 0.15) is 0 Å². The summed E-state index contributed by atoms with van der Waals surface area (Å²) in [6.07, 6.45) is 2.56. The van der Waals surface area contributed by atoms with Gasteiger partial charge in [-0.2, -0.15) is 0 Å². The highest BCUT2D eigenvalue weighted by atomic mass is 79.9. The summed E-state index contributed by atoms with van der Waals surface area (Å²) in [5.41, 5.74) is 3.20. The second-order valence-electron chi connectivity index (χ2n) is 6.21. The molecule has 0 unspecified atom stereocenters. The fourth-order valence-electron chi connectivity index (χ4n) is 2.51. The van der Waals surface area contributed by atoms with Crippen LogP contribution in [0.2, 0.25) is 0 Å². The highest BCUT2D eigenvalue weighted by Gasteiger charge is 2.25. The lowest BCUT2D eigenvalue weighted by molar-refractivity contribution is 0.280. The number of hydrogen-bond donors (Lipinski definition) is 1. The van der Waals surface area contributed by atoms with Gasteiger partial charge in [-0.3, -0.25) is 0 Å². The minimum absolute atomic E-state index is 0.513. The number of benzene rings is 1. The second-order valence-corrected chi connectivity index (χ2v) is 7.06. The van der Waals surface area contributed by atoms with Gasteiger partial charge < -0.3 is 10.2 Å². The zero-order valence-corrected chi connectivity index (χ0v) is 13.9. The maximum atomic E-state index is 3.70. The summed E-state index contributed by atoms with van der Waals surface area (Å²) in [4.78, 5) is 2.51. The number of nitrogens with zero attached hydrogens (tertiary/aromatic N) is 1. The Kier molecular flexibility index (Phi) is 4.91. The topological polar surface area (TPSA) is 15.3 Å². The van der Waals surface area contributed by atoms with Gasteiger partial charge in [0.05, 0.1) is 0 Å². The number of hydrogen-bond acceptors (Lipinski definition) is 2. The summed E-state index contributed by atoms with van der Waals surface area (Å²) in [5, 5.41) is 3.37. The van der Waals surface area contributed by atoms with Crippen molar-refractivity contribution >= 4 is 21.6 Å². The average molecular weight is 325 g/mol. The van der Waals surface area contributed by atoms with Crippen molar-refractivity contribution in [1.82, 2.24) is 5.32 Å². The van der Waals surface area contributed by atoms with Crippen molar-refractivity contribution in [3.63, 3.8) is 0 Å². The van der Waals surface area contributed by atoms with Gasteiger partial charge in [0, 0.05) is 29.8 Å². The van der Waals surface area contributed by atoms with Gasteiger partial charge in [-0.05, 0) is 42.5 Å². The molecule has 1 aliphatic rings. The third kappa shape index (κ3) is 3.96. The van der Waals surface area contributed by atoms with Crippen LogP contribution < -0.4 is 10.2 Å². The van der Waals surface area contributed by atoms with Crippen molar-refractivity contribution in [3.8, 4) is 0 Å². The van der Waals surface area contributed by atoms with E-state index in [1.165, 1.54) is 41.7 Å². The van der Waals surface area contributed by atoms with Crippen LogP contribution in [0.3, 0.4) is 0 Å². The number of anilines is 1. The highest BCUT2D eigenvalue weighted by molar-refractivity contribution is 9.10. The highest BCUT2D eigenvalue weighted by Crippen LogP contribution is 2.33. The zero-order valence-electron chi connectivity index (χ0n) is 12.3. The van der Waals surface area contributed by atoms with E-state index in [1.54, 1.807) is 0 Å². The summed E-state index contributed by atoms with van der Waals surface area (Å²) in [6, 6.07) is 6.77. The predicted molar refractivity (Wildman–Crippen MR) is 86.8 cm³/mol. The lowest BCUT2D eigenvalue weighted by atomic mass is 9.82. The Labute approximate surface area is 125 Å². The molecule has 1 saturated heterocycles. The molecule has 0 atom stereocenters. The molecule has 0 spiro atoms. The van der Waals surface area contributed by atoms with E-state index in [2.05, 4.69) is 65.1 Å². The van der Waals surface area contributed by atoms with E-state index in [0.29, 0.717) is 5.41 Å². The third-order valence-electron chi connectivity index (χ3n) is 4.08. The smallest absolute Gasteiger partial charge is 0.0377 e. The van der Waals surface area contributed by atoms with Crippen LogP contribution in [0.15, 0.2) is 22.7 Å². The molecule has 106 valence electrons. The molecule has 0 radical (unpaired) electrons. The van der Waals surface area contributed by atoms with E-state index in [0.717, 1.165) is 13.1 Å². The Bertz CT molecular complexity index is 419. The van der Waals surface area contributed by atoms with E-state index < -0.39 is 0 Å². The normalized spacial score (nSPS) is 18.6. The van der Waals surface area contributed by atoms with E-state index in [1.807, 2.05) is 0 Å². The Hall–Kier alpha value is -0.540. The minimum atomic E-state index is 0.513. The fourth-order valence-corrected chi connectivity index (χ4v) is 3.01. The Balaban J connectivity index is 2.04. The number of halogens is 1. The molecule has 1 aliphatic heterocycles. The maximum absolute atomic E-state index is 3.70. The van der Waals surface area contributed by atoms with Crippen molar-refractivity contribution in [3.05, 3.63) is 28.2 Å². The molecule has 2 nitrogen and oxygen atoms in total. The molecule has 0 amide bonds. The van der Waals surface area contributed by atoms with Crippen LogP contribution in [0.1, 0.15) is 39.2 Å². The van der Waals surface area contributed by atoms with Crippen LogP contribution in [0.25, 0.3) is 0 Å². The third-order valence-corrected chi connectivity index (χ3v) is 4.82. The molecule has 0 saturated carbocycles. The first-order valence-electron chi connectivity index (χ1n) is 7.26. The van der Waals surface area contributed by atoms with Gasteiger partial charge >= 0.3 is 0 Å². The van der Waals surface area contributed by atoms with Gasteiger partial charge in [-0.25, -0.2) is 0 Å². The first kappa shape index (κ1) is 14.9. The van der Waals surface area contributed by atoms with Crippen LogP contribution in [0.4, 0.5) is 5.69 Å². The number of rotatable bonds is 4. The first-order valence-corrected chi connectivity index (χ1v) is 8.05. The van der Waals surface area contributed by atoms with Gasteiger partial charge in [-0.15, -0.1) is 0 Å². The molecule has 1 fully saturated rings. The molecule has 0 aromatic heterocycles. The molecule has 1 aromatic carbocycles. The van der Waals surface area contributed by atoms with Crippen LogP contribution in [-0.2, 0) is 6.54 Å². The lowest BCUT2D eigenvalue weighted by Gasteiger charge is -2.38. The number of piperidine rings is 1. The van der Waals surface area contributed by atoms with Crippen LogP contribution in [-0.4, -0.2) is 19.6 Å². The Morgan fingerprint density at radius 3 is 2.53 bits per heavy atom. The standard InChI is InChI=1S/C16H25BrN2/c1-4-18-12-13-5-6-14(11-15(13)17)19-9-7-16(2,3)8-10-19/h5-6,11,18H,4,7-10,12H2,1-3H3. The summed E-state index contributed by atoms with van der Waals surface area (Å²) in [6.45, 7) is 11.2. The van der Waals surface area contributed by atoms with E-state index in [-0.39, 0.29) is 0 Å². The SMILES string of the molecule is CCNCc1ccc(N2CCC(C)(C)CC2)cc1Br. The van der Waals surface area contributed by atoms with E-state index >= 15 is 0 Å². The largest absolute Gasteiger partial charge is 0.371 e. The molecule has 19 heavy (non-hydrogen) atoms. The van der Waals surface area contributed by atoms with Crippen LogP contribution in [0, 0.1) is 5.41 Å². The van der Waals surface area contributed by atoms with E-state index in [4.69, 9.17) is 0 Å². The van der Waals surface area contributed by atoms with Crippen molar-refractivity contribution in [2.24, 2.45) is 5.41 Å². The molecular formula is C16H25BrN2. The predicted octanol–water partition coefficient (Wildman–Crippen LogP) is 4.19. The van der Waals surface area contributed by atoms with Crippen molar-refractivity contribution in [1.29, 1.82) is 0 Å². The zero-order chi connectivity index (χ0) is 13.9. The lowest BCUT2D eigenvalue weighted by Crippen LogP contribution is -2.37. The fraction of sp³-hybridized carbons (Fsp3) is 0.625. The van der Waals surface area contributed by atoms with Crippen LogP contribution in [0.5, 0.6) is 0 Å². The number of nitrogens with one attached hydrogen (secondary N) is 1. The summed E-state index contributed by atoms with van der Waals surface area (Å²) >= 11 is 3.70. The average Bonchev–Trinajstić information content (AvgIpc) is 2.37. The summed E-state index contributed by atoms with van der Waals surface area (Å²) in [7, 11) is 0. The van der Waals surface area contributed by atoms with E-state index in [9.17, 15) is 0 Å². The molecule has 1 N–H and O–H groups in total. The molecular weight excluding hydrogens is 300 g/mol. The molecule has 0 bridgehead atoms. The second kappa shape index (κ2) is 6.27. The summed E-state index contributed by atoms with van der Waals surface area (Å²) in [5.74, 6) is 0. The van der Waals surface area contributed by atoms with Crippen molar-refractivity contribution in [2.45, 2.75) is 40.2 Å².